The van der Waals surface area contributed by atoms with Gasteiger partial charge in [-0.25, -0.2) is 12.7 Å². The Morgan fingerprint density at radius 3 is 2.48 bits per heavy atom. The van der Waals surface area contributed by atoms with Crippen LogP contribution in [-0.2, 0) is 10.0 Å². The molecule has 1 aromatic carbocycles. The summed E-state index contributed by atoms with van der Waals surface area (Å²) >= 11 is 1.05. The van der Waals surface area contributed by atoms with Crippen molar-refractivity contribution in [3.8, 4) is 0 Å². The number of nitrogens with two attached hydrogens (primary N) is 1. The second-order valence-electron chi connectivity index (χ2n) is 4.79. The van der Waals surface area contributed by atoms with Crippen LogP contribution in [0.3, 0.4) is 0 Å². The Bertz CT molecular complexity index is 711. The zero-order valence-corrected chi connectivity index (χ0v) is 13.7. The molecule has 0 spiro atoms. The Balaban J connectivity index is 2.35. The van der Waals surface area contributed by atoms with E-state index < -0.39 is 10.0 Å². The van der Waals surface area contributed by atoms with Crippen LogP contribution in [0.25, 0.3) is 0 Å². The molecule has 0 radical (unpaired) electrons. The molecule has 3 N–H and O–H groups in total. The number of nitrogen functional groups attached to an aromatic ring is 1. The number of hydrogen-bond acceptors (Lipinski definition) is 6. The zero-order valence-electron chi connectivity index (χ0n) is 12.1. The highest BCUT2D eigenvalue weighted by Crippen LogP contribution is 2.35. The van der Waals surface area contributed by atoms with Crippen molar-refractivity contribution in [1.29, 1.82) is 0 Å². The first-order valence-corrected chi connectivity index (χ1v) is 8.54. The van der Waals surface area contributed by atoms with Crippen molar-refractivity contribution in [2.24, 2.45) is 0 Å². The molecule has 0 amide bonds. The molecule has 8 heteroatoms. The molecule has 1 unspecified atom stereocenters. The molecule has 0 bridgehead atoms. The highest BCUT2D eigenvalue weighted by atomic mass is 32.2. The van der Waals surface area contributed by atoms with Crippen molar-refractivity contribution in [2.45, 2.75) is 17.9 Å². The van der Waals surface area contributed by atoms with Crippen LogP contribution in [0, 0.1) is 0 Å². The largest absolute Gasteiger partial charge is 0.382 e. The molecular weight excluding hydrogens is 308 g/mol. The molecule has 1 heterocycles. The van der Waals surface area contributed by atoms with E-state index in [0.29, 0.717) is 5.00 Å². The molecule has 0 aliphatic rings. The minimum atomic E-state index is -3.63. The van der Waals surface area contributed by atoms with Gasteiger partial charge < -0.3 is 11.1 Å². The van der Waals surface area contributed by atoms with Crippen molar-refractivity contribution in [3.63, 3.8) is 0 Å². The molecule has 2 aromatic rings. The average Bonchev–Trinajstić information content (AvgIpc) is 2.81. The van der Waals surface area contributed by atoms with E-state index >= 15 is 0 Å². The molecule has 0 fully saturated rings. The molecule has 0 aliphatic heterocycles. The molecule has 6 nitrogen and oxygen atoms in total. The number of nitrogens with one attached hydrogen (secondary N) is 1. The van der Waals surface area contributed by atoms with E-state index in [2.05, 4.69) is 9.69 Å². The van der Waals surface area contributed by atoms with E-state index in [1.807, 2.05) is 37.3 Å². The predicted octanol–water partition coefficient (Wildman–Crippen LogP) is 2.15. The van der Waals surface area contributed by atoms with E-state index in [9.17, 15) is 8.42 Å². The molecule has 114 valence electrons. The number of rotatable bonds is 5. The maximum absolute atomic E-state index is 12.3. The van der Waals surface area contributed by atoms with Crippen LogP contribution in [0.4, 0.5) is 10.8 Å². The van der Waals surface area contributed by atoms with Crippen molar-refractivity contribution in [1.82, 2.24) is 8.68 Å². The van der Waals surface area contributed by atoms with Gasteiger partial charge in [-0.3, -0.25) is 0 Å². The van der Waals surface area contributed by atoms with Crippen LogP contribution in [0.15, 0.2) is 35.2 Å². The van der Waals surface area contributed by atoms with Crippen LogP contribution in [0.2, 0.25) is 0 Å². The number of aromatic nitrogens is 1. The average molecular weight is 326 g/mol. The third kappa shape index (κ3) is 3.17. The molecule has 1 aromatic heterocycles. The summed E-state index contributed by atoms with van der Waals surface area (Å²) in [4.78, 5) is 0.0419. The lowest BCUT2D eigenvalue weighted by atomic mass is 10.1. The van der Waals surface area contributed by atoms with Gasteiger partial charge in [0, 0.05) is 20.1 Å². The van der Waals surface area contributed by atoms with Crippen molar-refractivity contribution in [2.75, 3.05) is 25.1 Å². The molecule has 21 heavy (non-hydrogen) atoms. The molecule has 0 aliphatic carbocycles. The fraction of sp³-hybridized carbons (Fsp3) is 0.308. The third-order valence-corrected chi connectivity index (χ3v) is 5.87. The number of benzene rings is 1. The van der Waals surface area contributed by atoms with Gasteiger partial charge in [0.1, 0.15) is 5.00 Å². The van der Waals surface area contributed by atoms with Crippen LogP contribution < -0.4 is 11.1 Å². The van der Waals surface area contributed by atoms with Gasteiger partial charge >= 0.3 is 0 Å². The van der Waals surface area contributed by atoms with Crippen LogP contribution in [0.1, 0.15) is 18.5 Å². The van der Waals surface area contributed by atoms with Gasteiger partial charge in [0.25, 0.3) is 0 Å². The number of anilines is 2. The van der Waals surface area contributed by atoms with E-state index in [1.165, 1.54) is 14.1 Å². The standard InChI is InChI=1S/C13H18N4O2S2/c1-9(10-7-5-4-6-8-10)15-13-11(12(14)16-20-13)21(18,19)17(2)3/h4-9,15H,1-3H3,(H2,14,16). The number of hydrogen-bond donors (Lipinski definition) is 2. The smallest absolute Gasteiger partial charge is 0.249 e. The summed E-state index contributed by atoms with van der Waals surface area (Å²) in [6, 6.07) is 9.70. The van der Waals surface area contributed by atoms with Gasteiger partial charge in [0.05, 0.1) is 0 Å². The summed E-state index contributed by atoms with van der Waals surface area (Å²) in [5, 5.41) is 3.63. The fourth-order valence-electron chi connectivity index (χ4n) is 1.84. The van der Waals surface area contributed by atoms with E-state index in [4.69, 9.17) is 5.73 Å². The second kappa shape index (κ2) is 6.00. The minimum Gasteiger partial charge on any atom is -0.382 e. The van der Waals surface area contributed by atoms with E-state index in [-0.39, 0.29) is 16.8 Å². The first kappa shape index (κ1) is 15.7. The van der Waals surface area contributed by atoms with E-state index in [1.54, 1.807) is 0 Å². The second-order valence-corrected chi connectivity index (χ2v) is 7.65. The van der Waals surface area contributed by atoms with Crippen molar-refractivity contribution < 1.29 is 8.42 Å². The zero-order chi connectivity index (χ0) is 15.6. The Labute approximate surface area is 128 Å². The molecule has 0 saturated carbocycles. The first-order valence-electron chi connectivity index (χ1n) is 6.33. The molecule has 0 saturated heterocycles. The topological polar surface area (TPSA) is 88.3 Å². The Kier molecular flexibility index (Phi) is 4.50. The maximum atomic E-state index is 12.3. The van der Waals surface area contributed by atoms with Gasteiger partial charge in [-0.1, -0.05) is 30.3 Å². The van der Waals surface area contributed by atoms with E-state index in [0.717, 1.165) is 21.4 Å². The summed E-state index contributed by atoms with van der Waals surface area (Å²) in [5.74, 6) is 0.0245. The van der Waals surface area contributed by atoms with Crippen LogP contribution >= 0.6 is 11.5 Å². The summed E-state index contributed by atoms with van der Waals surface area (Å²) in [5.41, 5.74) is 6.79. The monoisotopic (exact) mass is 326 g/mol. The Hall–Kier alpha value is -1.64. The van der Waals surface area contributed by atoms with Crippen LogP contribution in [-0.4, -0.2) is 31.2 Å². The van der Waals surface area contributed by atoms with Gasteiger partial charge in [-0.2, -0.15) is 4.37 Å². The first-order chi connectivity index (χ1) is 9.84. The van der Waals surface area contributed by atoms with Crippen molar-refractivity contribution >= 4 is 32.4 Å². The maximum Gasteiger partial charge on any atom is 0.249 e. The van der Waals surface area contributed by atoms with Gasteiger partial charge in [0.2, 0.25) is 10.0 Å². The van der Waals surface area contributed by atoms with Gasteiger partial charge in [-0.15, -0.1) is 0 Å². The third-order valence-electron chi connectivity index (χ3n) is 3.06. The Morgan fingerprint density at radius 2 is 1.90 bits per heavy atom. The molecule has 1 atom stereocenters. The molecule has 2 rings (SSSR count). The van der Waals surface area contributed by atoms with Crippen molar-refractivity contribution in [3.05, 3.63) is 35.9 Å². The fourth-order valence-corrected chi connectivity index (χ4v) is 3.99. The molecular formula is C13H18N4O2S2. The lowest BCUT2D eigenvalue weighted by molar-refractivity contribution is 0.521. The number of nitrogens with zero attached hydrogens (tertiary/aromatic N) is 2. The quantitative estimate of drug-likeness (QED) is 0.879. The highest BCUT2D eigenvalue weighted by Gasteiger charge is 2.28. The summed E-state index contributed by atoms with van der Waals surface area (Å²) in [7, 11) is -0.691. The normalized spacial score (nSPS) is 13.3. The highest BCUT2D eigenvalue weighted by molar-refractivity contribution is 7.89. The minimum absolute atomic E-state index is 0.0245. The SMILES string of the molecule is CC(Nc1snc(N)c1S(=O)(=O)N(C)C)c1ccccc1. The summed E-state index contributed by atoms with van der Waals surface area (Å²) < 4.78 is 29.7. The Morgan fingerprint density at radius 1 is 1.29 bits per heavy atom. The summed E-state index contributed by atoms with van der Waals surface area (Å²) in [6.45, 7) is 1.96. The number of sulfonamides is 1. The van der Waals surface area contributed by atoms with Gasteiger partial charge in [-0.05, 0) is 24.0 Å². The predicted molar refractivity (Wildman–Crippen MR) is 85.9 cm³/mol. The van der Waals surface area contributed by atoms with Crippen LogP contribution in [0.5, 0.6) is 0 Å². The van der Waals surface area contributed by atoms with Gasteiger partial charge in [0.15, 0.2) is 10.7 Å². The lowest BCUT2D eigenvalue weighted by Gasteiger charge is -2.17. The lowest BCUT2D eigenvalue weighted by Crippen LogP contribution is -2.24. The summed E-state index contributed by atoms with van der Waals surface area (Å²) in [6.07, 6.45) is 0.